The fourth-order valence-electron chi connectivity index (χ4n) is 2.38. The Kier molecular flexibility index (Phi) is 7.95. The van der Waals surface area contributed by atoms with Crippen LogP contribution in [0.2, 0.25) is 0 Å². The second-order valence-electron chi connectivity index (χ2n) is 5.99. The van der Waals surface area contributed by atoms with Crippen molar-refractivity contribution in [3.8, 4) is 5.75 Å². The minimum Gasteiger partial charge on any atom is -0.484 e. The zero-order chi connectivity index (χ0) is 18.8. The van der Waals surface area contributed by atoms with E-state index in [9.17, 15) is 4.79 Å². The van der Waals surface area contributed by atoms with Crippen molar-refractivity contribution in [3.05, 3.63) is 52.2 Å². The van der Waals surface area contributed by atoms with Crippen LogP contribution in [-0.4, -0.2) is 38.6 Å². The van der Waals surface area contributed by atoms with Gasteiger partial charge in [0.2, 0.25) is 0 Å². The number of amides is 1. The Labute approximate surface area is 158 Å². The molecule has 0 aliphatic rings. The fourth-order valence-corrected chi connectivity index (χ4v) is 3.16. The summed E-state index contributed by atoms with van der Waals surface area (Å²) in [6, 6.07) is 9.80. The van der Waals surface area contributed by atoms with Crippen molar-refractivity contribution < 1.29 is 9.53 Å². The number of aliphatic imine (C=N–C) groups is 1. The summed E-state index contributed by atoms with van der Waals surface area (Å²) in [5.41, 5.74) is 7.58. The summed E-state index contributed by atoms with van der Waals surface area (Å²) in [6.45, 7) is 3.70. The second kappa shape index (κ2) is 10.5. The highest BCUT2D eigenvalue weighted by atomic mass is 32.1. The first-order valence-electron chi connectivity index (χ1n) is 8.55. The Bertz CT molecular complexity index is 699. The molecule has 0 radical (unpaired) electrons. The van der Waals surface area contributed by atoms with Crippen molar-refractivity contribution in [2.75, 3.05) is 26.7 Å². The van der Waals surface area contributed by atoms with Gasteiger partial charge in [0.15, 0.2) is 12.6 Å². The van der Waals surface area contributed by atoms with E-state index in [0.717, 1.165) is 25.5 Å². The molecule has 0 bridgehead atoms. The molecule has 0 saturated heterocycles. The van der Waals surface area contributed by atoms with Crippen molar-refractivity contribution in [1.82, 2.24) is 10.6 Å². The Morgan fingerprint density at radius 1 is 1.27 bits per heavy atom. The predicted molar refractivity (Wildman–Crippen MR) is 107 cm³/mol. The lowest BCUT2D eigenvalue weighted by molar-refractivity contribution is -0.119. The van der Waals surface area contributed by atoms with Crippen LogP contribution in [0.15, 0.2) is 46.1 Å². The summed E-state index contributed by atoms with van der Waals surface area (Å²) in [6.07, 6.45) is 0.858. The molecule has 0 aliphatic heterocycles. The maximum absolute atomic E-state index is 10.7. The van der Waals surface area contributed by atoms with Crippen LogP contribution in [0.5, 0.6) is 5.75 Å². The summed E-state index contributed by atoms with van der Waals surface area (Å²) < 4.78 is 5.25. The normalized spacial score (nSPS) is 12.5. The molecule has 1 heterocycles. The van der Waals surface area contributed by atoms with E-state index in [0.29, 0.717) is 11.7 Å². The number of nitrogens with one attached hydrogen (secondary N) is 2. The zero-order valence-electron chi connectivity index (χ0n) is 15.2. The summed E-state index contributed by atoms with van der Waals surface area (Å²) in [5.74, 6) is 1.40. The molecule has 4 N–H and O–H groups in total. The van der Waals surface area contributed by atoms with Crippen molar-refractivity contribution in [2.24, 2.45) is 10.7 Å². The Morgan fingerprint density at radius 3 is 2.65 bits per heavy atom. The number of nitrogens with two attached hydrogens (primary N) is 1. The SMILES string of the molecule is CN=C(NCCc1ccc(OCC(N)=O)cc1)NCC(C)c1ccsc1. The molecule has 1 aromatic heterocycles. The molecule has 0 aliphatic carbocycles. The molecule has 6 nitrogen and oxygen atoms in total. The van der Waals surface area contributed by atoms with Crippen LogP contribution < -0.4 is 21.1 Å². The molecule has 2 aromatic rings. The van der Waals surface area contributed by atoms with E-state index >= 15 is 0 Å². The van der Waals surface area contributed by atoms with Crippen molar-refractivity contribution in [3.63, 3.8) is 0 Å². The molecule has 0 saturated carbocycles. The van der Waals surface area contributed by atoms with Crippen molar-refractivity contribution in [2.45, 2.75) is 19.3 Å². The average molecular weight is 375 g/mol. The van der Waals surface area contributed by atoms with Crippen LogP contribution in [0.3, 0.4) is 0 Å². The minimum atomic E-state index is -0.481. The van der Waals surface area contributed by atoms with Crippen LogP contribution in [0.25, 0.3) is 0 Å². The highest BCUT2D eigenvalue weighted by Gasteiger charge is 2.07. The third-order valence-electron chi connectivity index (χ3n) is 3.92. The first kappa shape index (κ1) is 19.8. The summed E-state index contributed by atoms with van der Waals surface area (Å²) in [5, 5.41) is 11.0. The van der Waals surface area contributed by atoms with Gasteiger partial charge in [0, 0.05) is 20.1 Å². The van der Waals surface area contributed by atoms with Crippen LogP contribution in [-0.2, 0) is 11.2 Å². The quantitative estimate of drug-likeness (QED) is 0.463. The summed E-state index contributed by atoms with van der Waals surface area (Å²) in [7, 11) is 1.77. The lowest BCUT2D eigenvalue weighted by atomic mass is 10.1. The largest absolute Gasteiger partial charge is 0.484 e. The van der Waals surface area contributed by atoms with Crippen LogP contribution in [0.1, 0.15) is 24.0 Å². The van der Waals surface area contributed by atoms with Crippen molar-refractivity contribution in [1.29, 1.82) is 0 Å². The molecule has 1 atom stereocenters. The van der Waals surface area contributed by atoms with Gasteiger partial charge in [0.05, 0.1) is 0 Å². The molecule has 1 unspecified atom stereocenters. The standard InChI is InChI=1S/C19H26N4O2S/c1-14(16-8-10-26-13-16)11-23-19(21-2)22-9-7-15-3-5-17(6-4-15)25-12-18(20)24/h3-6,8,10,13-14H,7,9,11-12H2,1-2H3,(H2,20,24)(H2,21,22,23). The summed E-state index contributed by atoms with van der Waals surface area (Å²) >= 11 is 1.72. The second-order valence-corrected chi connectivity index (χ2v) is 6.77. The molecular weight excluding hydrogens is 348 g/mol. The van der Waals surface area contributed by atoms with E-state index in [4.69, 9.17) is 10.5 Å². The Morgan fingerprint density at radius 2 is 2.04 bits per heavy atom. The molecule has 1 aromatic carbocycles. The third kappa shape index (κ3) is 6.76. The van der Waals surface area contributed by atoms with Crippen LogP contribution >= 0.6 is 11.3 Å². The number of carbonyl (C=O) groups is 1. The first-order chi connectivity index (χ1) is 12.6. The maximum atomic E-state index is 10.7. The van der Waals surface area contributed by atoms with Gasteiger partial charge in [0.25, 0.3) is 5.91 Å². The van der Waals surface area contributed by atoms with Crippen LogP contribution in [0.4, 0.5) is 0 Å². The van der Waals surface area contributed by atoms with Crippen molar-refractivity contribution >= 4 is 23.2 Å². The topological polar surface area (TPSA) is 88.7 Å². The predicted octanol–water partition coefficient (Wildman–Crippen LogP) is 2.12. The highest BCUT2D eigenvalue weighted by Crippen LogP contribution is 2.17. The fraction of sp³-hybridized carbons (Fsp3) is 0.368. The average Bonchev–Trinajstić information content (AvgIpc) is 3.18. The number of hydrogen-bond acceptors (Lipinski definition) is 4. The van der Waals surface area contributed by atoms with Gasteiger partial charge in [-0.3, -0.25) is 9.79 Å². The molecule has 2 rings (SSSR count). The lowest BCUT2D eigenvalue weighted by Gasteiger charge is -2.15. The van der Waals surface area contributed by atoms with E-state index in [1.165, 1.54) is 11.1 Å². The maximum Gasteiger partial charge on any atom is 0.255 e. The van der Waals surface area contributed by atoms with Gasteiger partial charge < -0.3 is 21.1 Å². The molecule has 140 valence electrons. The van der Waals surface area contributed by atoms with Gasteiger partial charge in [-0.05, 0) is 52.4 Å². The van der Waals surface area contributed by atoms with E-state index in [1.807, 2.05) is 24.3 Å². The number of ether oxygens (including phenoxy) is 1. The van der Waals surface area contributed by atoms with Crippen LogP contribution in [0, 0.1) is 0 Å². The minimum absolute atomic E-state index is 0.104. The summed E-state index contributed by atoms with van der Waals surface area (Å²) in [4.78, 5) is 15.0. The number of thiophene rings is 1. The lowest BCUT2D eigenvalue weighted by Crippen LogP contribution is -2.39. The van der Waals surface area contributed by atoms with Gasteiger partial charge in [0.1, 0.15) is 5.75 Å². The number of hydrogen-bond donors (Lipinski definition) is 3. The first-order valence-corrected chi connectivity index (χ1v) is 9.49. The molecule has 1 amide bonds. The number of guanidine groups is 1. The highest BCUT2D eigenvalue weighted by molar-refractivity contribution is 7.07. The number of benzene rings is 1. The van der Waals surface area contributed by atoms with Gasteiger partial charge in [-0.15, -0.1) is 0 Å². The molecule has 0 spiro atoms. The number of primary amides is 1. The van der Waals surface area contributed by atoms with Gasteiger partial charge in [-0.25, -0.2) is 0 Å². The number of carbonyl (C=O) groups excluding carboxylic acids is 1. The van der Waals surface area contributed by atoms with Gasteiger partial charge in [-0.1, -0.05) is 19.1 Å². The molecule has 7 heteroatoms. The third-order valence-corrected chi connectivity index (χ3v) is 4.62. The zero-order valence-corrected chi connectivity index (χ0v) is 16.0. The molecular formula is C19H26N4O2S. The smallest absolute Gasteiger partial charge is 0.255 e. The van der Waals surface area contributed by atoms with E-state index < -0.39 is 5.91 Å². The Balaban J connectivity index is 1.70. The monoisotopic (exact) mass is 374 g/mol. The van der Waals surface area contributed by atoms with E-state index in [-0.39, 0.29) is 6.61 Å². The van der Waals surface area contributed by atoms with E-state index in [2.05, 4.69) is 39.4 Å². The molecule has 0 fully saturated rings. The molecule has 26 heavy (non-hydrogen) atoms. The number of nitrogens with zero attached hydrogens (tertiary/aromatic N) is 1. The number of rotatable bonds is 9. The van der Waals surface area contributed by atoms with Gasteiger partial charge in [-0.2, -0.15) is 11.3 Å². The van der Waals surface area contributed by atoms with E-state index in [1.54, 1.807) is 18.4 Å². The van der Waals surface area contributed by atoms with Gasteiger partial charge >= 0.3 is 0 Å². The Hall–Kier alpha value is -2.54.